The molecule has 86 valence electrons. The summed E-state index contributed by atoms with van der Waals surface area (Å²) in [6, 6.07) is 0.569. The molecule has 1 rings (SSSR count). The molecule has 2 unspecified atom stereocenters. The Morgan fingerprint density at radius 2 is 2.07 bits per heavy atom. The maximum atomic E-state index is 10.9. The normalized spacial score (nSPS) is 26.6. The van der Waals surface area contributed by atoms with E-state index in [9.17, 15) is 4.79 Å². The molecule has 0 spiro atoms. The molecule has 0 saturated heterocycles. The number of carbonyl (C=O) groups excluding carboxylic acids is 1. The van der Waals surface area contributed by atoms with Gasteiger partial charge in [0.05, 0.1) is 7.11 Å². The molecule has 2 atom stereocenters. The van der Waals surface area contributed by atoms with Crippen LogP contribution in [0.3, 0.4) is 0 Å². The van der Waals surface area contributed by atoms with Gasteiger partial charge in [-0.1, -0.05) is 19.8 Å². The van der Waals surface area contributed by atoms with Gasteiger partial charge in [-0.15, -0.1) is 0 Å². The van der Waals surface area contributed by atoms with Gasteiger partial charge in [0, 0.05) is 25.4 Å². The highest BCUT2D eigenvalue weighted by atomic mass is 16.5. The lowest BCUT2D eigenvalue weighted by Gasteiger charge is -2.35. The smallest absolute Gasteiger partial charge is 0.331 e. The topological polar surface area (TPSA) is 29.5 Å². The van der Waals surface area contributed by atoms with E-state index in [0.29, 0.717) is 12.0 Å². The van der Waals surface area contributed by atoms with Gasteiger partial charge in [-0.2, -0.15) is 0 Å². The summed E-state index contributed by atoms with van der Waals surface area (Å²) in [7, 11) is 3.43. The monoisotopic (exact) mass is 211 g/mol. The Hall–Kier alpha value is -0.990. The molecule has 0 N–H and O–H groups in total. The lowest BCUT2D eigenvalue weighted by atomic mass is 9.85. The van der Waals surface area contributed by atoms with Crippen LogP contribution in [0.5, 0.6) is 0 Å². The predicted molar refractivity (Wildman–Crippen MR) is 60.3 cm³/mol. The van der Waals surface area contributed by atoms with E-state index in [-0.39, 0.29) is 5.97 Å². The second-order valence-electron chi connectivity index (χ2n) is 4.33. The van der Waals surface area contributed by atoms with E-state index in [1.165, 1.54) is 38.9 Å². The number of hydrogen-bond donors (Lipinski definition) is 0. The lowest BCUT2D eigenvalue weighted by Crippen LogP contribution is -2.35. The molecule has 0 aromatic rings. The number of esters is 1. The average molecular weight is 211 g/mol. The van der Waals surface area contributed by atoms with Crippen molar-refractivity contribution in [2.24, 2.45) is 5.92 Å². The molecule has 0 amide bonds. The van der Waals surface area contributed by atoms with Crippen molar-refractivity contribution >= 4 is 5.97 Å². The van der Waals surface area contributed by atoms with Crippen molar-refractivity contribution in [1.82, 2.24) is 4.90 Å². The molecule has 0 aliphatic heterocycles. The summed E-state index contributed by atoms with van der Waals surface area (Å²) >= 11 is 0. The summed E-state index contributed by atoms with van der Waals surface area (Å²) in [6.07, 6.45) is 8.47. The molecule has 15 heavy (non-hydrogen) atoms. The molecular weight excluding hydrogens is 190 g/mol. The van der Waals surface area contributed by atoms with Gasteiger partial charge < -0.3 is 9.64 Å². The van der Waals surface area contributed by atoms with Crippen LogP contribution in [0.25, 0.3) is 0 Å². The summed E-state index contributed by atoms with van der Waals surface area (Å²) in [5.74, 6) is 0.427. The maximum Gasteiger partial charge on any atom is 0.331 e. The number of hydrogen-bond acceptors (Lipinski definition) is 3. The molecule has 1 fully saturated rings. The van der Waals surface area contributed by atoms with Gasteiger partial charge >= 0.3 is 5.97 Å². The minimum Gasteiger partial charge on any atom is -0.466 e. The molecule has 1 aliphatic carbocycles. The van der Waals surface area contributed by atoms with E-state index in [0.717, 1.165) is 0 Å². The highest BCUT2D eigenvalue weighted by molar-refractivity contribution is 5.81. The highest BCUT2D eigenvalue weighted by Gasteiger charge is 2.23. The van der Waals surface area contributed by atoms with Gasteiger partial charge in [-0.25, -0.2) is 4.79 Å². The van der Waals surface area contributed by atoms with Crippen LogP contribution in [0, 0.1) is 5.92 Å². The highest BCUT2D eigenvalue weighted by Crippen LogP contribution is 2.27. The largest absolute Gasteiger partial charge is 0.466 e. The molecule has 3 nitrogen and oxygen atoms in total. The van der Waals surface area contributed by atoms with Gasteiger partial charge in [0.15, 0.2) is 0 Å². The number of carbonyl (C=O) groups is 1. The molecule has 0 aromatic heterocycles. The average Bonchev–Trinajstić information content (AvgIpc) is 2.26. The first-order valence-electron chi connectivity index (χ1n) is 5.63. The second-order valence-corrected chi connectivity index (χ2v) is 4.33. The van der Waals surface area contributed by atoms with E-state index in [4.69, 9.17) is 0 Å². The van der Waals surface area contributed by atoms with Crippen LogP contribution in [-0.2, 0) is 9.53 Å². The Balaban J connectivity index is 2.47. The quantitative estimate of drug-likeness (QED) is 0.529. The second kappa shape index (κ2) is 5.79. The Bertz CT molecular complexity index is 238. The van der Waals surface area contributed by atoms with E-state index in [2.05, 4.69) is 16.6 Å². The SMILES string of the molecule is COC(=O)C=CN(C)C1CCCCC1C. The molecular formula is C12H21NO2. The van der Waals surface area contributed by atoms with Crippen LogP contribution in [0.2, 0.25) is 0 Å². The van der Waals surface area contributed by atoms with Crippen LogP contribution in [0.15, 0.2) is 12.3 Å². The van der Waals surface area contributed by atoms with Crippen LogP contribution < -0.4 is 0 Å². The Morgan fingerprint density at radius 1 is 1.40 bits per heavy atom. The molecule has 0 bridgehead atoms. The van der Waals surface area contributed by atoms with Crippen LogP contribution in [0.1, 0.15) is 32.6 Å². The Labute approximate surface area is 92.1 Å². The minimum absolute atomic E-state index is 0.287. The van der Waals surface area contributed by atoms with Crippen molar-refractivity contribution in [3.63, 3.8) is 0 Å². The zero-order chi connectivity index (χ0) is 11.3. The Kier molecular flexibility index (Phi) is 4.66. The minimum atomic E-state index is -0.287. The third kappa shape index (κ3) is 3.57. The summed E-state index contributed by atoms with van der Waals surface area (Å²) in [5.41, 5.74) is 0. The molecule has 3 heteroatoms. The van der Waals surface area contributed by atoms with E-state index >= 15 is 0 Å². The van der Waals surface area contributed by atoms with Gasteiger partial charge in [0.2, 0.25) is 0 Å². The number of methoxy groups -OCH3 is 1. The third-order valence-electron chi connectivity index (χ3n) is 3.24. The summed E-state index contributed by atoms with van der Waals surface area (Å²) in [5, 5.41) is 0. The number of nitrogens with zero attached hydrogens (tertiary/aromatic N) is 1. The van der Waals surface area contributed by atoms with Gasteiger partial charge in [0.1, 0.15) is 0 Å². The van der Waals surface area contributed by atoms with Crippen molar-refractivity contribution in [2.45, 2.75) is 38.6 Å². The molecule has 1 saturated carbocycles. The van der Waals surface area contributed by atoms with Crippen LogP contribution in [-0.4, -0.2) is 31.1 Å². The van der Waals surface area contributed by atoms with E-state index in [1.54, 1.807) is 0 Å². The van der Waals surface area contributed by atoms with Crippen molar-refractivity contribution in [3.8, 4) is 0 Å². The first-order chi connectivity index (χ1) is 7.15. The number of rotatable bonds is 3. The van der Waals surface area contributed by atoms with Crippen LogP contribution in [0.4, 0.5) is 0 Å². The molecule has 0 aromatic carbocycles. The fourth-order valence-electron chi connectivity index (χ4n) is 2.26. The van der Waals surface area contributed by atoms with Crippen molar-refractivity contribution < 1.29 is 9.53 Å². The molecule has 1 aliphatic rings. The van der Waals surface area contributed by atoms with Gasteiger partial charge in [0.25, 0.3) is 0 Å². The lowest BCUT2D eigenvalue weighted by molar-refractivity contribution is -0.134. The predicted octanol–water partition coefficient (Wildman–Crippen LogP) is 2.18. The zero-order valence-electron chi connectivity index (χ0n) is 9.90. The van der Waals surface area contributed by atoms with E-state index in [1.807, 2.05) is 13.2 Å². The van der Waals surface area contributed by atoms with Gasteiger partial charge in [-0.3, -0.25) is 0 Å². The summed E-state index contributed by atoms with van der Waals surface area (Å²) < 4.78 is 4.56. The standard InChI is InChI=1S/C12H21NO2/c1-10-6-4-5-7-11(10)13(2)9-8-12(14)15-3/h8-11H,4-7H2,1-3H3. The maximum absolute atomic E-state index is 10.9. The summed E-state index contributed by atoms with van der Waals surface area (Å²) in [6.45, 7) is 2.28. The van der Waals surface area contributed by atoms with Crippen molar-refractivity contribution in [3.05, 3.63) is 12.3 Å². The zero-order valence-corrected chi connectivity index (χ0v) is 9.90. The fourth-order valence-corrected chi connectivity index (χ4v) is 2.26. The Morgan fingerprint density at radius 3 is 2.67 bits per heavy atom. The molecule has 0 radical (unpaired) electrons. The van der Waals surface area contributed by atoms with Crippen molar-refractivity contribution in [1.29, 1.82) is 0 Å². The first kappa shape index (κ1) is 12.1. The number of ether oxygens (including phenoxy) is 1. The van der Waals surface area contributed by atoms with Crippen molar-refractivity contribution in [2.75, 3.05) is 14.2 Å². The van der Waals surface area contributed by atoms with E-state index < -0.39 is 0 Å². The summed E-state index contributed by atoms with van der Waals surface area (Å²) in [4.78, 5) is 13.1. The third-order valence-corrected chi connectivity index (χ3v) is 3.24. The fraction of sp³-hybridized carbons (Fsp3) is 0.750. The van der Waals surface area contributed by atoms with Gasteiger partial charge in [-0.05, 0) is 18.8 Å². The molecule has 0 heterocycles. The van der Waals surface area contributed by atoms with Crippen LogP contribution >= 0.6 is 0 Å². The first-order valence-corrected chi connectivity index (χ1v) is 5.63.